The van der Waals surface area contributed by atoms with E-state index >= 15 is 0 Å². The molecule has 5 heteroatoms. The van der Waals surface area contributed by atoms with Gasteiger partial charge < -0.3 is 20.0 Å². The van der Waals surface area contributed by atoms with E-state index < -0.39 is 0 Å². The molecule has 2 aliphatic heterocycles. The molecular weight excluding hydrogens is 264 g/mol. The van der Waals surface area contributed by atoms with Gasteiger partial charge in [0.1, 0.15) is 0 Å². The lowest BCUT2D eigenvalue weighted by atomic mass is 10.1. The Bertz CT molecular complexity index is 537. The molecule has 5 nitrogen and oxygen atoms in total. The number of benzene rings is 1. The largest absolute Gasteiger partial charge is 0.371 e. The van der Waals surface area contributed by atoms with Gasteiger partial charge in [0.25, 0.3) is 0 Å². The van der Waals surface area contributed by atoms with Crippen molar-refractivity contribution in [3.8, 4) is 0 Å². The second-order valence-corrected chi connectivity index (χ2v) is 6.13. The van der Waals surface area contributed by atoms with Gasteiger partial charge in [0.15, 0.2) is 0 Å². The monoisotopic (exact) mass is 288 g/mol. The molecule has 2 aliphatic rings. The summed E-state index contributed by atoms with van der Waals surface area (Å²) in [6.45, 7) is 5.89. The molecule has 1 fully saturated rings. The topological polar surface area (TPSA) is 38.8 Å². The Hall–Kier alpha value is -1.75. The molecule has 114 valence electrons. The van der Waals surface area contributed by atoms with E-state index in [0.717, 1.165) is 38.3 Å². The van der Waals surface area contributed by atoms with Crippen LogP contribution in [0, 0.1) is 0 Å². The highest BCUT2D eigenvalue weighted by Gasteiger charge is 2.32. The molecule has 1 aromatic carbocycles. The van der Waals surface area contributed by atoms with E-state index in [-0.39, 0.29) is 6.03 Å². The van der Waals surface area contributed by atoms with Crippen LogP contribution < -0.4 is 10.2 Å². The first-order valence-electron chi connectivity index (χ1n) is 7.68. The van der Waals surface area contributed by atoms with Crippen LogP contribution in [0.1, 0.15) is 12.5 Å². The molecule has 0 aromatic heterocycles. The minimum absolute atomic E-state index is 0.00842. The van der Waals surface area contributed by atoms with Crippen LogP contribution in [0.25, 0.3) is 0 Å². The molecule has 2 heterocycles. The maximum absolute atomic E-state index is 12.2. The van der Waals surface area contributed by atoms with Gasteiger partial charge in [0.2, 0.25) is 0 Å². The summed E-state index contributed by atoms with van der Waals surface area (Å²) in [5, 5.41) is 3.02. The van der Waals surface area contributed by atoms with Gasteiger partial charge in [-0.1, -0.05) is 6.07 Å². The molecule has 0 spiro atoms. The number of urea groups is 1. The first-order chi connectivity index (χ1) is 10.1. The number of carbonyl (C=O) groups excluding carboxylic acids is 1. The number of likely N-dealkylation sites (tertiary alicyclic amines) is 1. The summed E-state index contributed by atoms with van der Waals surface area (Å²) < 4.78 is 0. The lowest BCUT2D eigenvalue weighted by molar-refractivity contribution is 0.0942. The summed E-state index contributed by atoms with van der Waals surface area (Å²) in [7, 11) is 4.11. The molecule has 21 heavy (non-hydrogen) atoms. The summed E-state index contributed by atoms with van der Waals surface area (Å²) in [5.41, 5.74) is 3.55. The van der Waals surface area contributed by atoms with Gasteiger partial charge in [0, 0.05) is 43.6 Å². The van der Waals surface area contributed by atoms with Crippen LogP contribution in [0.3, 0.4) is 0 Å². The molecule has 0 unspecified atom stereocenters. The van der Waals surface area contributed by atoms with Crippen LogP contribution in [0.2, 0.25) is 0 Å². The van der Waals surface area contributed by atoms with E-state index in [2.05, 4.69) is 48.3 Å². The number of hydrogen-bond acceptors (Lipinski definition) is 3. The Morgan fingerprint density at radius 3 is 2.81 bits per heavy atom. The summed E-state index contributed by atoms with van der Waals surface area (Å²) in [5.74, 6) is 0. The predicted octanol–water partition coefficient (Wildman–Crippen LogP) is 1.85. The molecule has 3 rings (SSSR count). The molecule has 0 radical (unpaired) electrons. The highest BCUT2D eigenvalue weighted by Crippen LogP contribution is 2.30. The van der Waals surface area contributed by atoms with Crippen molar-refractivity contribution in [2.45, 2.75) is 19.4 Å². The van der Waals surface area contributed by atoms with Crippen LogP contribution in [0.4, 0.5) is 16.2 Å². The lowest BCUT2D eigenvalue weighted by Gasteiger charge is -2.42. The normalized spacial score (nSPS) is 17.9. The van der Waals surface area contributed by atoms with Crippen molar-refractivity contribution in [1.29, 1.82) is 0 Å². The van der Waals surface area contributed by atoms with Gasteiger partial charge in [-0.2, -0.15) is 0 Å². The van der Waals surface area contributed by atoms with Crippen LogP contribution in [0.5, 0.6) is 0 Å². The van der Waals surface area contributed by atoms with Gasteiger partial charge in [-0.15, -0.1) is 0 Å². The van der Waals surface area contributed by atoms with E-state index in [9.17, 15) is 4.79 Å². The minimum Gasteiger partial charge on any atom is -0.371 e. The molecule has 0 atom stereocenters. The maximum atomic E-state index is 12.2. The molecule has 1 saturated heterocycles. The fourth-order valence-corrected chi connectivity index (χ4v) is 3.00. The Morgan fingerprint density at radius 2 is 2.14 bits per heavy atom. The Morgan fingerprint density at radius 1 is 1.38 bits per heavy atom. The third-order valence-corrected chi connectivity index (χ3v) is 4.59. The summed E-state index contributed by atoms with van der Waals surface area (Å²) in [6, 6.07) is 6.76. The van der Waals surface area contributed by atoms with Gasteiger partial charge in [0.05, 0.1) is 0 Å². The number of nitrogens with zero attached hydrogens (tertiary/aromatic N) is 3. The fraction of sp³-hybridized carbons (Fsp3) is 0.562. The molecule has 0 saturated carbocycles. The number of fused-ring (bicyclic) bond motifs is 1. The van der Waals surface area contributed by atoms with Gasteiger partial charge >= 0.3 is 6.03 Å². The van der Waals surface area contributed by atoms with Crippen molar-refractivity contribution < 1.29 is 4.79 Å². The zero-order valence-corrected chi connectivity index (χ0v) is 13.1. The van der Waals surface area contributed by atoms with Crippen molar-refractivity contribution in [3.05, 3.63) is 23.8 Å². The first-order valence-corrected chi connectivity index (χ1v) is 7.68. The van der Waals surface area contributed by atoms with Crippen molar-refractivity contribution in [3.63, 3.8) is 0 Å². The predicted molar refractivity (Wildman–Crippen MR) is 86.1 cm³/mol. The smallest absolute Gasteiger partial charge is 0.321 e. The SMILES string of the molecule is CCN1CCc2ccc(NC(=O)N3CC(N(C)C)C3)cc21. The van der Waals surface area contributed by atoms with Crippen LogP contribution in [-0.4, -0.2) is 62.1 Å². The fourth-order valence-electron chi connectivity index (χ4n) is 3.00. The highest BCUT2D eigenvalue weighted by atomic mass is 16.2. The zero-order chi connectivity index (χ0) is 15.0. The number of rotatable bonds is 3. The van der Waals surface area contributed by atoms with E-state index in [1.54, 1.807) is 0 Å². The van der Waals surface area contributed by atoms with E-state index in [0.29, 0.717) is 6.04 Å². The molecular formula is C16H24N4O. The third kappa shape index (κ3) is 2.70. The minimum atomic E-state index is 0.00842. The van der Waals surface area contributed by atoms with Gasteiger partial charge in [-0.3, -0.25) is 0 Å². The Labute approximate surface area is 126 Å². The number of anilines is 2. The number of carbonyl (C=O) groups is 1. The standard InChI is InChI=1S/C16H24N4O/c1-4-19-8-7-12-5-6-13(9-15(12)19)17-16(21)20-10-14(11-20)18(2)3/h5-6,9,14H,4,7-8,10-11H2,1-3H3,(H,17,21). The molecule has 1 N–H and O–H groups in total. The Kier molecular flexibility index (Phi) is 3.76. The molecule has 1 aromatic rings. The van der Waals surface area contributed by atoms with Crippen molar-refractivity contribution in [2.75, 3.05) is 50.5 Å². The van der Waals surface area contributed by atoms with Crippen LogP contribution in [0.15, 0.2) is 18.2 Å². The summed E-state index contributed by atoms with van der Waals surface area (Å²) >= 11 is 0. The molecule has 0 bridgehead atoms. The number of hydrogen-bond donors (Lipinski definition) is 1. The second kappa shape index (κ2) is 5.56. The van der Waals surface area contributed by atoms with Crippen LogP contribution in [-0.2, 0) is 6.42 Å². The van der Waals surface area contributed by atoms with Crippen molar-refractivity contribution in [2.24, 2.45) is 0 Å². The van der Waals surface area contributed by atoms with Gasteiger partial charge in [-0.25, -0.2) is 4.79 Å². The zero-order valence-electron chi connectivity index (χ0n) is 13.1. The highest BCUT2D eigenvalue weighted by molar-refractivity contribution is 5.90. The average molecular weight is 288 g/mol. The average Bonchev–Trinajstić information content (AvgIpc) is 2.78. The van der Waals surface area contributed by atoms with Crippen molar-refractivity contribution >= 4 is 17.4 Å². The number of likely N-dealkylation sites (N-methyl/N-ethyl adjacent to an activating group) is 2. The lowest BCUT2D eigenvalue weighted by Crippen LogP contribution is -2.60. The molecule has 0 aliphatic carbocycles. The third-order valence-electron chi connectivity index (χ3n) is 4.59. The Balaban J connectivity index is 1.63. The summed E-state index contributed by atoms with van der Waals surface area (Å²) in [4.78, 5) is 18.6. The van der Waals surface area contributed by atoms with Crippen molar-refractivity contribution in [1.82, 2.24) is 9.80 Å². The first kappa shape index (κ1) is 14.2. The maximum Gasteiger partial charge on any atom is 0.321 e. The van der Waals surface area contributed by atoms with Crippen LogP contribution >= 0.6 is 0 Å². The van der Waals surface area contributed by atoms with Gasteiger partial charge in [-0.05, 0) is 45.1 Å². The quantitative estimate of drug-likeness (QED) is 0.922. The number of amides is 2. The van der Waals surface area contributed by atoms with E-state index in [4.69, 9.17) is 0 Å². The summed E-state index contributed by atoms with van der Waals surface area (Å²) in [6.07, 6.45) is 1.11. The molecule has 2 amide bonds. The van der Waals surface area contributed by atoms with E-state index in [1.165, 1.54) is 11.3 Å². The second-order valence-electron chi connectivity index (χ2n) is 6.13. The number of nitrogens with one attached hydrogen (secondary N) is 1. The van der Waals surface area contributed by atoms with E-state index in [1.807, 2.05) is 11.0 Å².